The van der Waals surface area contributed by atoms with Crippen molar-refractivity contribution < 1.29 is 14.3 Å². The molecule has 0 aliphatic rings. The number of carbonyl (C=O) groups is 2. The van der Waals surface area contributed by atoms with Gasteiger partial charge in [0.1, 0.15) is 5.00 Å². The van der Waals surface area contributed by atoms with Crippen LogP contribution in [-0.2, 0) is 9.53 Å². The van der Waals surface area contributed by atoms with Gasteiger partial charge in [0.05, 0.1) is 28.0 Å². The Morgan fingerprint density at radius 1 is 1.21 bits per heavy atom. The van der Waals surface area contributed by atoms with Crippen LogP contribution in [-0.4, -0.2) is 28.7 Å². The topological polar surface area (TPSA) is 68.3 Å². The molecular formula is C21H22N2O3S2. The average Bonchev–Trinajstić information content (AvgIpc) is 2.95. The van der Waals surface area contributed by atoms with E-state index in [-0.39, 0.29) is 11.2 Å². The second kappa shape index (κ2) is 8.75. The molecule has 0 aliphatic carbocycles. The summed E-state index contributed by atoms with van der Waals surface area (Å²) in [6.45, 7) is 7.68. The maximum Gasteiger partial charge on any atom is 0.341 e. The van der Waals surface area contributed by atoms with Gasteiger partial charge in [-0.25, -0.2) is 9.78 Å². The van der Waals surface area contributed by atoms with Crippen molar-refractivity contribution in [1.29, 1.82) is 0 Å². The largest absolute Gasteiger partial charge is 0.462 e. The van der Waals surface area contributed by atoms with Gasteiger partial charge in [0, 0.05) is 10.3 Å². The van der Waals surface area contributed by atoms with Gasteiger partial charge in [-0.2, -0.15) is 0 Å². The van der Waals surface area contributed by atoms with Gasteiger partial charge in [0.15, 0.2) is 0 Å². The Kier molecular flexibility index (Phi) is 6.36. The average molecular weight is 415 g/mol. The van der Waals surface area contributed by atoms with Crippen LogP contribution >= 0.6 is 23.1 Å². The minimum atomic E-state index is -0.406. The number of aryl methyl sites for hydroxylation is 1. The smallest absolute Gasteiger partial charge is 0.341 e. The van der Waals surface area contributed by atoms with Crippen LogP contribution in [0.15, 0.2) is 41.4 Å². The summed E-state index contributed by atoms with van der Waals surface area (Å²) < 4.78 is 5.14. The molecule has 0 aliphatic heterocycles. The summed E-state index contributed by atoms with van der Waals surface area (Å²) >= 11 is 2.78. The van der Waals surface area contributed by atoms with Crippen molar-refractivity contribution in [3.05, 3.63) is 52.4 Å². The molecule has 5 nitrogen and oxygen atoms in total. The van der Waals surface area contributed by atoms with E-state index in [2.05, 4.69) is 10.3 Å². The van der Waals surface area contributed by atoms with Crippen LogP contribution in [0.5, 0.6) is 0 Å². The van der Waals surface area contributed by atoms with Crippen LogP contribution < -0.4 is 5.32 Å². The minimum Gasteiger partial charge on any atom is -0.462 e. The summed E-state index contributed by atoms with van der Waals surface area (Å²) in [4.78, 5) is 30.6. The van der Waals surface area contributed by atoms with E-state index >= 15 is 0 Å². The van der Waals surface area contributed by atoms with Gasteiger partial charge < -0.3 is 10.1 Å². The quantitative estimate of drug-likeness (QED) is 0.443. The Labute approximate surface area is 172 Å². The van der Waals surface area contributed by atoms with Crippen LogP contribution in [0.2, 0.25) is 0 Å². The van der Waals surface area contributed by atoms with Crippen molar-refractivity contribution in [2.45, 2.75) is 38.0 Å². The zero-order chi connectivity index (χ0) is 20.3. The van der Waals surface area contributed by atoms with Crippen molar-refractivity contribution in [2.24, 2.45) is 0 Å². The molecule has 2 heterocycles. The fourth-order valence-electron chi connectivity index (χ4n) is 2.73. The highest BCUT2D eigenvalue weighted by Crippen LogP contribution is 2.34. The van der Waals surface area contributed by atoms with Crippen LogP contribution in [0.4, 0.5) is 5.00 Å². The molecule has 1 aromatic carbocycles. The highest BCUT2D eigenvalue weighted by molar-refractivity contribution is 8.00. The zero-order valence-electron chi connectivity index (χ0n) is 16.2. The molecule has 28 heavy (non-hydrogen) atoms. The first-order valence-corrected chi connectivity index (χ1v) is 10.7. The summed E-state index contributed by atoms with van der Waals surface area (Å²) in [5.41, 5.74) is 2.18. The number of hydrogen-bond acceptors (Lipinski definition) is 6. The van der Waals surface area contributed by atoms with Gasteiger partial charge in [-0.1, -0.05) is 36.0 Å². The number of hydrogen-bond donors (Lipinski definition) is 1. The summed E-state index contributed by atoms with van der Waals surface area (Å²) in [7, 11) is 0. The lowest BCUT2D eigenvalue weighted by molar-refractivity contribution is -0.115. The lowest BCUT2D eigenvalue weighted by atomic mass is 10.1. The summed E-state index contributed by atoms with van der Waals surface area (Å²) in [5.74, 6) is -0.581. The molecule has 0 saturated heterocycles. The number of aromatic nitrogens is 1. The Hall–Kier alpha value is -2.38. The number of rotatable bonds is 6. The molecule has 1 amide bonds. The standard InChI is InChI=1S/C21H22N2O3S2/c1-5-26-21(25)18-12(2)13(3)28-20(18)23-19(24)14(4)27-17-11-10-15-8-6-7-9-16(15)22-17/h6-11,14H,5H2,1-4H3,(H,23,24). The molecule has 1 N–H and O–H groups in total. The van der Waals surface area contributed by atoms with Crippen LogP contribution in [0, 0.1) is 13.8 Å². The van der Waals surface area contributed by atoms with E-state index in [1.54, 1.807) is 6.92 Å². The number of nitrogens with one attached hydrogen (secondary N) is 1. The molecule has 0 bridgehead atoms. The van der Waals surface area contributed by atoms with Crippen molar-refractivity contribution in [3.63, 3.8) is 0 Å². The molecule has 1 unspecified atom stereocenters. The first-order chi connectivity index (χ1) is 13.4. The van der Waals surface area contributed by atoms with E-state index < -0.39 is 5.97 Å². The molecule has 7 heteroatoms. The number of para-hydroxylation sites is 1. The molecule has 0 radical (unpaired) electrons. The Morgan fingerprint density at radius 3 is 2.71 bits per heavy atom. The fourth-order valence-corrected chi connectivity index (χ4v) is 4.60. The summed E-state index contributed by atoms with van der Waals surface area (Å²) in [6, 6.07) is 11.8. The number of thiophene rings is 1. The van der Waals surface area contributed by atoms with E-state index in [0.29, 0.717) is 17.2 Å². The Morgan fingerprint density at radius 2 is 1.96 bits per heavy atom. The molecular weight excluding hydrogens is 392 g/mol. The molecule has 146 valence electrons. The Bertz CT molecular complexity index is 1030. The number of carbonyl (C=O) groups excluding carboxylic acids is 2. The SMILES string of the molecule is CCOC(=O)c1c(NC(=O)C(C)Sc2ccc3ccccc3n2)sc(C)c1C. The second-order valence-corrected chi connectivity index (χ2v) is 8.89. The van der Waals surface area contributed by atoms with Gasteiger partial charge in [0.2, 0.25) is 5.91 Å². The predicted octanol–water partition coefficient (Wildman–Crippen LogP) is 5.21. The molecule has 0 spiro atoms. The molecule has 2 aromatic heterocycles. The number of anilines is 1. The molecule has 1 atom stereocenters. The minimum absolute atomic E-state index is 0.174. The third kappa shape index (κ3) is 4.36. The number of amides is 1. The molecule has 3 rings (SSSR count). The normalized spacial score (nSPS) is 12.0. The molecule has 0 fully saturated rings. The molecule has 0 saturated carbocycles. The van der Waals surface area contributed by atoms with E-state index in [1.807, 2.05) is 57.2 Å². The third-order valence-corrected chi connectivity index (χ3v) is 6.50. The van der Waals surface area contributed by atoms with Crippen molar-refractivity contribution in [3.8, 4) is 0 Å². The van der Waals surface area contributed by atoms with Gasteiger partial charge in [0.25, 0.3) is 0 Å². The first-order valence-electron chi connectivity index (χ1n) is 9.01. The van der Waals surface area contributed by atoms with Gasteiger partial charge in [-0.05, 0) is 45.4 Å². The Balaban J connectivity index is 1.75. The maximum atomic E-state index is 12.7. The number of benzene rings is 1. The second-order valence-electron chi connectivity index (χ2n) is 6.30. The number of nitrogens with zero attached hydrogens (tertiary/aromatic N) is 1. The number of fused-ring (bicyclic) bond motifs is 1. The third-order valence-electron chi connectivity index (χ3n) is 4.34. The summed E-state index contributed by atoms with van der Waals surface area (Å²) in [6.07, 6.45) is 0. The van der Waals surface area contributed by atoms with E-state index in [9.17, 15) is 9.59 Å². The van der Waals surface area contributed by atoms with Crippen molar-refractivity contribution >= 4 is 50.9 Å². The predicted molar refractivity (Wildman–Crippen MR) is 115 cm³/mol. The van der Waals surface area contributed by atoms with E-state index in [0.717, 1.165) is 26.4 Å². The van der Waals surface area contributed by atoms with Gasteiger partial charge >= 0.3 is 5.97 Å². The fraction of sp³-hybridized carbons (Fsp3) is 0.286. The van der Waals surface area contributed by atoms with Crippen LogP contribution in [0.1, 0.15) is 34.6 Å². The lowest BCUT2D eigenvalue weighted by Crippen LogP contribution is -2.23. The van der Waals surface area contributed by atoms with Gasteiger partial charge in [-0.3, -0.25) is 4.79 Å². The zero-order valence-corrected chi connectivity index (χ0v) is 17.9. The summed E-state index contributed by atoms with van der Waals surface area (Å²) in [5, 5.41) is 4.91. The van der Waals surface area contributed by atoms with E-state index in [1.165, 1.54) is 23.1 Å². The van der Waals surface area contributed by atoms with Gasteiger partial charge in [-0.15, -0.1) is 11.3 Å². The highest BCUT2D eigenvalue weighted by Gasteiger charge is 2.24. The first kappa shape index (κ1) is 20.4. The van der Waals surface area contributed by atoms with Crippen molar-refractivity contribution in [2.75, 3.05) is 11.9 Å². The monoisotopic (exact) mass is 414 g/mol. The number of ether oxygens (including phenoxy) is 1. The number of esters is 1. The van der Waals surface area contributed by atoms with Crippen LogP contribution in [0.25, 0.3) is 10.9 Å². The van der Waals surface area contributed by atoms with Crippen molar-refractivity contribution in [1.82, 2.24) is 4.98 Å². The highest BCUT2D eigenvalue weighted by atomic mass is 32.2. The van der Waals surface area contributed by atoms with Crippen LogP contribution in [0.3, 0.4) is 0 Å². The maximum absolute atomic E-state index is 12.7. The lowest BCUT2D eigenvalue weighted by Gasteiger charge is -2.12. The van der Waals surface area contributed by atoms with E-state index in [4.69, 9.17) is 4.74 Å². The molecule has 3 aromatic rings. The number of pyridine rings is 1. The number of thioether (sulfide) groups is 1.